The molecule has 0 atom stereocenters. The van der Waals surface area contributed by atoms with Gasteiger partial charge in [-0.2, -0.15) is 13.2 Å². The predicted octanol–water partition coefficient (Wildman–Crippen LogP) is 2.51. The first-order valence-corrected chi connectivity index (χ1v) is 5.63. The third-order valence-corrected chi connectivity index (χ3v) is 2.46. The highest BCUT2D eigenvalue weighted by Gasteiger charge is 2.32. The van der Waals surface area contributed by atoms with E-state index in [1.807, 2.05) is 0 Å². The van der Waals surface area contributed by atoms with Crippen molar-refractivity contribution in [3.05, 3.63) is 41.7 Å². The molecule has 0 unspecified atom stereocenters. The van der Waals surface area contributed by atoms with E-state index in [0.717, 1.165) is 11.6 Å². The second-order valence-corrected chi connectivity index (χ2v) is 3.83. The van der Waals surface area contributed by atoms with Gasteiger partial charge >= 0.3 is 6.18 Å². The van der Waals surface area contributed by atoms with E-state index in [-0.39, 0.29) is 5.82 Å². The normalized spacial score (nSPS) is 11.2. The van der Waals surface area contributed by atoms with Crippen LogP contribution in [0, 0.1) is 0 Å². The number of nitrogens with zero attached hydrogens (tertiary/aromatic N) is 3. The Morgan fingerprint density at radius 3 is 2.60 bits per heavy atom. The van der Waals surface area contributed by atoms with Gasteiger partial charge in [0.1, 0.15) is 5.82 Å². The lowest BCUT2D eigenvalue weighted by Crippen LogP contribution is -2.10. The highest BCUT2D eigenvalue weighted by atomic mass is 19.4. The maximum absolute atomic E-state index is 12.3. The maximum atomic E-state index is 12.3. The van der Waals surface area contributed by atoms with Gasteiger partial charge in [0.2, 0.25) is 5.88 Å². The topological polar surface area (TPSA) is 59.9 Å². The van der Waals surface area contributed by atoms with Crippen molar-refractivity contribution in [3.63, 3.8) is 0 Å². The lowest BCUT2D eigenvalue weighted by molar-refractivity contribution is -0.141. The van der Waals surface area contributed by atoms with Gasteiger partial charge < -0.3 is 10.1 Å². The first kappa shape index (κ1) is 14.0. The molecule has 0 fully saturated rings. The van der Waals surface area contributed by atoms with Gasteiger partial charge in [0, 0.05) is 18.3 Å². The zero-order chi connectivity index (χ0) is 14.6. The fraction of sp³-hybridized carbons (Fsp3) is 0.250. The summed E-state index contributed by atoms with van der Waals surface area (Å²) in [5.74, 6) is 0.684. The molecule has 0 radical (unpaired) electrons. The summed E-state index contributed by atoms with van der Waals surface area (Å²) in [6, 6.07) is 5.61. The largest absolute Gasteiger partial charge is 0.481 e. The molecule has 2 aromatic rings. The lowest BCUT2D eigenvalue weighted by atomic mass is 10.2. The van der Waals surface area contributed by atoms with Gasteiger partial charge in [0.25, 0.3) is 0 Å². The monoisotopic (exact) mass is 284 g/mol. The Balaban J connectivity index is 2.04. The summed E-state index contributed by atoms with van der Waals surface area (Å²) in [5, 5.41) is 9.45. The third-order valence-electron chi connectivity index (χ3n) is 2.46. The van der Waals surface area contributed by atoms with Crippen molar-refractivity contribution >= 4 is 5.82 Å². The number of rotatable bonds is 4. The number of hydrogen-bond donors (Lipinski definition) is 1. The molecule has 5 nitrogen and oxygen atoms in total. The number of halogens is 3. The van der Waals surface area contributed by atoms with Gasteiger partial charge in [0.05, 0.1) is 7.11 Å². The molecule has 0 aliphatic heterocycles. The lowest BCUT2D eigenvalue weighted by Gasteiger charge is -2.09. The smallest absolute Gasteiger partial charge is 0.435 e. The van der Waals surface area contributed by atoms with Gasteiger partial charge in [-0.25, -0.2) is 4.98 Å². The second-order valence-electron chi connectivity index (χ2n) is 3.83. The van der Waals surface area contributed by atoms with E-state index in [2.05, 4.69) is 20.5 Å². The van der Waals surface area contributed by atoms with Gasteiger partial charge in [0.15, 0.2) is 5.69 Å². The van der Waals surface area contributed by atoms with Crippen LogP contribution in [0.3, 0.4) is 0 Å². The van der Waals surface area contributed by atoms with Crippen LogP contribution in [0.1, 0.15) is 11.3 Å². The third kappa shape index (κ3) is 3.34. The zero-order valence-corrected chi connectivity index (χ0v) is 10.5. The molecule has 8 heteroatoms. The highest BCUT2D eigenvalue weighted by molar-refractivity contribution is 5.36. The summed E-state index contributed by atoms with van der Waals surface area (Å²) in [5.41, 5.74) is -0.265. The van der Waals surface area contributed by atoms with E-state index >= 15 is 0 Å². The number of alkyl halides is 3. The minimum absolute atomic E-state index is 0.240. The molecule has 2 rings (SSSR count). The van der Waals surface area contributed by atoms with E-state index in [4.69, 9.17) is 4.74 Å². The van der Waals surface area contributed by atoms with E-state index < -0.39 is 11.9 Å². The van der Waals surface area contributed by atoms with Gasteiger partial charge in [-0.05, 0) is 18.2 Å². The summed E-state index contributed by atoms with van der Waals surface area (Å²) in [7, 11) is 1.49. The van der Waals surface area contributed by atoms with Crippen LogP contribution in [0.5, 0.6) is 5.88 Å². The number of aromatic nitrogens is 3. The van der Waals surface area contributed by atoms with E-state index in [1.165, 1.54) is 13.2 Å². The van der Waals surface area contributed by atoms with Gasteiger partial charge in [-0.3, -0.25) is 0 Å². The molecule has 0 saturated heterocycles. The Morgan fingerprint density at radius 1 is 1.20 bits per heavy atom. The summed E-state index contributed by atoms with van der Waals surface area (Å²) < 4.78 is 42.0. The first-order chi connectivity index (χ1) is 9.50. The molecule has 0 saturated carbocycles. The Kier molecular flexibility index (Phi) is 4.02. The molecule has 1 N–H and O–H groups in total. The molecule has 0 bridgehead atoms. The van der Waals surface area contributed by atoms with Crippen LogP contribution in [0.2, 0.25) is 0 Å². The Labute approximate surface area is 112 Å². The van der Waals surface area contributed by atoms with Crippen molar-refractivity contribution in [2.45, 2.75) is 12.7 Å². The summed E-state index contributed by atoms with van der Waals surface area (Å²) >= 11 is 0. The summed E-state index contributed by atoms with van der Waals surface area (Å²) in [6.45, 7) is 0.317. The number of anilines is 1. The van der Waals surface area contributed by atoms with Crippen LogP contribution in [0.25, 0.3) is 0 Å². The number of ether oxygens (including phenoxy) is 1. The number of nitrogens with one attached hydrogen (secondary N) is 1. The molecule has 106 valence electrons. The zero-order valence-electron chi connectivity index (χ0n) is 10.5. The number of methoxy groups -OCH3 is 1. The molecular weight excluding hydrogens is 273 g/mol. The molecular formula is C12H11F3N4O. The van der Waals surface area contributed by atoms with Crippen molar-refractivity contribution in [1.29, 1.82) is 0 Å². The maximum Gasteiger partial charge on any atom is 0.435 e. The number of hydrogen-bond acceptors (Lipinski definition) is 5. The Bertz CT molecular complexity index is 572. The minimum atomic E-state index is -4.49. The van der Waals surface area contributed by atoms with E-state index in [1.54, 1.807) is 18.3 Å². The van der Waals surface area contributed by atoms with Crippen molar-refractivity contribution in [2.75, 3.05) is 12.4 Å². The summed E-state index contributed by atoms with van der Waals surface area (Å²) in [6.07, 6.45) is -2.90. The van der Waals surface area contributed by atoms with E-state index in [0.29, 0.717) is 12.4 Å². The fourth-order valence-electron chi connectivity index (χ4n) is 1.51. The van der Waals surface area contributed by atoms with Crippen LogP contribution < -0.4 is 10.1 Å². The molecule has 2 heterocycles. The fourth-order valence-corrected chi connectivity index (χ4v) is 1.51. The van der Waals surface area contributed by atoms with Crippen LogP contribution in [-0.4, -0.2) is 22.3 Å². The molecule has 0 spiro atoms. The quantitative estimate of drug-likeness (QED) is 0.934. The van der Waals surface area contributed by atoms with E-state index in [9.17, 15) is 13.2 Å². The van der Waals surface area contributed by atoms with Crippen LogP contribution in [-0.2, 0) is 12.7 Å². The minimum Gasteiger partial charge on any atom is -0.481 e. The highest BCUT2D eigenvalue weighted by Crippen LogP contribution is 2.27. The van der Waals surface area contributed by atoms with Crippen LogP contribution >= 0.6 is 0 Å². The van der Waals surface area contributed by atoms with Gasteiger partial charge in [-0.1, -0.05) is 6.07 Å². The standard InChI is InChI=1S/C12H11F3N4O/c1-20-11-8(3-2-6-16-11)7-17-10-5-4-9(18-19-10)12(13,14)15/h2-6H,7H2,1H3,(H,17,19). The molecule has 0 aromatic carbocycles. The molecule has 0 aliphatic rings. The Morgan fingerprint density at radius 2 is 2.00 bits per heavy atom. The average Bonchev–Trinajstić information content (AvgIpc) is 2.45. The predicted molar refractivity (Wildman–Crippen MR) is 65.1 cm³/mol. The number of pyridine rings is 1. The van der Waals surface area contributed by atoms with Crippen molar-refractivity contribution < 1.29 is 17.9 Å². The molecule has 2 aromatic heterocycles. The second kappa shape index (κ2) is 5.72. The SMILES string of the molecule is COc1ncccc1CNc1ccc(C(F)(F)F)nn1. The summed E-state index contributed by atoms with van der Waals surface area (Å²) in [4.78, 5) is 4.01. The average molecular weight is 284 g/mol. The molecule has 20 heavy (non-hydrogen) atoms. The van der Waals surface area contributed by atoms with Crippen molar-refractivity contribution in [2.24, 2.45) is 0 Å². The van der Waals surface area contributed by atoms with Crippen LogP contribution in [0.4, 0.5) is 19.0 Å². The molecule has 0 amide bonds. The molecule has 0 aliphatic carbocycles. The first-order valence-electron chi connectivity index (χ1n) is 5.63. The van der Waals surface area contributed by atoms with Gasteiger partial charge in [-0.15, -0.1) is 10.2 Å². The van der Waals surface area contributed by atoms with Crippen molar-refractivity contribution in [1.82, 2.24) is 15.2 Å². The Hall–Kier alpha value is -2.38. The van der Waals surface area contributed by atoms with Crippen LogP contribution in [0.15, 0.2) is 30.5 Å². The van der Waals surface area contributed by atoms with Crippen molar-refractivity contribution in [3.8, 4) is 5.88 Å².